The van der Waals surface area contributed by atoms with Crippen LogP contribution in [0, 0.1) is 5.92 Å². The van der Waals surface area contributed by atoms with Gasteiger partial charge in [0.05, 0.1) is 11.4 Å². The Morgan fingerprint density at radius 1 is 1.39 bits per heavy atom. The van der Waals surface area contributed by atoms with Crippen molar-refractivity contribution in [3.05, 3.63) is 23.8 Å². The van der Waals surface area contributed by atoms with Crippen LogP contribution < -0.4 is 10.0 Å². The normalized spacial score (nSPS) is 23.2. The van der Waals surface area contributed by atoms with Crippen LogP contribution in [0.2, 0.25) is 0 Å². The zero-order valence-corrected chi connectivity index (χ0v) is 11.3. The first kappa shape index (κ1) is 11.8. The topological polar surface area (TPSA) is 63.4 Å². The molecule has 1 aliphatic carbocycles. The summed E-state index contributed by atoms with van der Waals surface area (Å²) in [4.78, 5) is 0. The highest BCUT2D eigenvalue weighted by molar-refractivity contribution is 7.92. The Bertz CT molecular complexity index is 579. The van der Waals surface area contributed by atoms with E-state index in [1.807, 2.05) is 19.1 Å². The van der Waals surface area contributed by atoms with E-state index in [9.17, 15) is 8.42 Å². The number of nitrogens with two attached hydrogens (primary N) is 1. The first-order valence-corrected chi connectivity index (χ1v) is 7.99. The number of benzene rings is 1. The smallest absolute Gasteiger partial charge is 0.235 e. The lowest BCUT2D eigenvalue weighted by Gasteiger charge is -2.24. The van der Waals surface area contributed by atoms with Crippen LogP contribution in [0.25, 0.3) is 0 Å². The summed E-state index contributed by atoms with van der Waals surface area (Å²) in [6, 6.07) is 5.50. The molecule has 1 unspecified atom stereocenters. The summed E-state index contributed by atoms with van der Waals surface area (Å²) in [7, 11) is -3.18. The van der Waals surface area contributed by atoms with Crippen LogP contribution in [0.1, 0.15) is 25.3 Å². The van der Waals surface area contributed by atoms with E-state index in [0.717, 1.165) is 30.5 Å². The van der Waals surface area contributed by atoms with E-state index in [2.05, 4.69) is 0 Å². The summed E-state index contributed by atoms with van der Waals surface area (Å²) in [5, 5.41) is 0. The predicted octanol–water partition coefficient (Wildman–Crippen LogP) is 1.76. The maximum Gasteiger partial charge on any atom is 0.235 e. The molecule has 4 nitrogen and oxygen atoms in total. The van der Waals surface area contributed by atoms with Crippen LogP contribution in [0.5, 0.6) is 0 Å². The van der Waals surface area contributed by atoms with Crippen molar-refractivity contribution >= 4 is 21.4 Å². The molecule has 1 aromatic rings. The number of rotatable bonds is 3. The third-order valence-electron chi connectivity index (χ3n) is 3.70. The summed E-state index contributed by atoms with van der Waals surface area (Å²) in [5.41, 5.74) is 8.31. The molecule has 1 atom stereocenters. The molecule has 0 bridgehead atoms. The Kier molecular flexibility index (Phi) is 2.55. The standard InChI is InChI=1S/C13H18N2O2S/c1-9-6-11-7-12(14)4-5-13(11)15(9)18(16,17)8-10-2-3-10/h4-5,7,9-10H,2-3,6,8,14H2,1H3. The quantitative estimate of drug-likeness (QED) is 0.848. The van der Waals surface area contributed by atoms with E-state index in [1.54, 1.807) is 10.4 Å². The van der Waals surface area contributed by atoms with Gasteiger partial charge in [0.1, 0.15) is 0 Å². The molecule has 0 amide bonds. The number of fused-ring (bicyclic) bond motifs is 1. The van der Waals surface area contributed by atoms with E-state index in [0.29, 0.717) is 17.4 Å². The Morgan fingerprint density at radius 2 is 2.11 bits per heavy atom. The minimum atomic E-state index is -3.18. The van der Waals surface area contributed by atoms with E-state index < -0.39 is 10.0 Å². The highest BCUT2D eigenvalue weighted by Crippen LogP contribution is 2.38. The first-order valence-electron chi connectivity index (χ1n) is 6.38. The number of nitrogens with zero attached hydrogens (tertiary/aromatic N) is 1. The molecule has 1 heterocycles. The summed E-state index contributed by atoms with van der Waals surface area (Å²) >= 11 is 0. The Hall–Kier alpha value is -1.23. The minimum Gasteiger partial charge on any atom is -0.399 e. The van der Waals surface area contributed by atoms with E-state index in [-0.39, 0.29) is 6.04 Å². The Morgan fingerprint density at radius 3 is 2.78 bits per heavy atom. The predicted molar refractivity (Wildman–Crippen MR) is 73.0 cm³/mol. The van der Waals surface area contributed by atoms with Crippen molar-refractivity contribution in [1.82, 2.24) is 0 Å². The van der Waals surface area contributed by atoms with Crippen molar-refractivity contribution in [2.24, 2.45) is 5.92 Å². The van der Waals surface area contributed by atoms with Crippen LogP contribution in [-0.4, -0.2) is 20.2 Å². The molecule has 1 saturated carbocycles. The third kappa shape index (κ3) is 1.96. The van der Waals surface area contributed by atoms with Gasteiger partial charge in [0, 0.05) is 11.7 Å². The molecular formula is C13H18N2O2S. The van der Waals surface area contributed by atoms with E-state index in [1.165, 1.54) is 0 Å². The van der Waals surface area contributed by atoms with Crippen LogP contribution in [0.15, 0.2) is 18.2 Å². The Balaban J connectivity index is 1.98. The molecule has 0 aromatic heterocycles. The molecule has 2 N–H and O–H groups in total. The van der Waals surface area contributed by atoms with Crippen LogP contribution in [0.3, 0.4) is 0 Å². The maximum absolute atomic E-state index is 12.4. The van der Waals surface area contributed by atoms with Crippen LogP contribution >= 0.6 is 0 Å². The molecule has 1 aromatic carbocycles. The molecule has 2 aliphatic rings. The fourth-order valence-electron chi connectivity index (χ4n) is 2.71. The van der Waals surface area contributed by atoms with Gasteiger partial charge >= 0.3 is 0 Å². The van der Waals surface area contributed by atoms with Crippen molar-refractivity contribution in [3.8, 4) is 0 Å². The fourth-order valence-corrected chi connectivity index (χ4v) is 4.90. The van der Waals surface area contributed by atoms with Crippen molar-refractivity contribution in [2.75, 3.05) is 15.8 Å². The van der Waals surface area contributed by atoms with E-state index >= 15 is 0 Å². The number of anilines is 2. The molecule has 1 fully saturated rings. The molecular weight excluding hydrogens is 248 g/mol. The number of sulfonamides is 1. The highest BCUT2D eigenvalue weighted by Gasteiger charge is 2.38. The second-order valence-corrected chi connectivity index (χ2v) is 7.35. The molecule has 5 heteroatoms. The largest absolute Gasteiger partial charge is 0.399 e. The lowest BCUT2D eigenvalue weighted by atomic mass is 10.1. The van der Waals surface area contributed by atoms with Gasteiger partial charge < -0.3 is 5.73 Å². The zero-order chi connectivity index (χ0) is 12.9. The summed E-state index contributed by atoms with van der Waals surface area (Å²) in [6.07, 6.45) is 2.86. The van der Waals surface area contributed by atoms with Gasteiger partial charge in [-0.25, -0.2) is 8.42 Å². The number of nitrogen functional groups attached to an aromatic ring is 1. The zero-order valence-electron chi connectivity index (χ0n) is 10.5. The van der Waals surface area contributed by atoms with Crippen LogP contribution in [-0.2, 0) is 16.4 Å². The van der Waals surface area contributed by atoms with Gasteiger partial charge in [0.25, 0.3) is 0 Å². The van der Waals surface area contributed by atoms with Gasteiger partial charge in [-0.2, -0.15) is 0 Å². The molecule has 0 radical (unpaired) electrons. The van der Waals surface area contributed by atoms with Gasteiger partial charge in [-0.1, -0.05) is 0 Å². The summed E-state index contributed by atoms with van der Waals surface area (Å²) in [6.45, 7) is 1.96. The molecule has 3 rings (SSSR count). The second-order valence-electron chi connectivity index (χ2n) is 5.46. The monoisotopic (exact) mass is 266 g/mol. The van der Waals surface area contributed by atoms with Gasteiger partial charge in [0.2, 0.25) is 10.0 Å². The number of hydrogen-bond acceptors (Lipinski definition) is 3. The molecule has 1 aliphatic heterocycles. The van der Waals surface area contributed by atoms with Gasteiger partial charge in [0.15, 0.2) is 0 Å². The third-order valence-corrected chi connectivity index (χ3v) is 5.75. The first-order chi connectivity index (χ1) is 8.47. The molecule has 0 spiro atoms. The highest BCUT2D eigenvalue weighted by atomic mass is 32.2. The Labute approximate surface area is 108 Å². The van der Waals surface area contributed by atoms with Crippen molar-refractivity contribution in [1.29, 1.82) is 0 Å². The maximum atomic E-state index is 12.4. The second kappa shape index (κ2) is 3.88. The summed E-state index contributed by atoms with van der Waals surface area (Å²) < 4.78 is 26.5. The van der Waals surface area contributed by atoms with Gasteiger partial charge in [-0.3, -0.25) is 4.31 Å². The van der Waals surface area contributed by atoms with Crippen LogP contribution in [0.4, 0.5) is 11.4 Å². The van der Waals surface area contributed by atoms with Crippen molar-refractivity contribution < 1.29 is 8.42 Å². The molecule has 98 valence electrons. The van der Waals surface area contributed by atoms with Crippen molar-refractivity contribution in [3.63, 3.8) is 0 Å². The van der Waals surface area contributed by atoms with Gasteiger partial charge in [-0.05, 0) is 55.9 Å². The fraction of sp³-hybridized carbons (Fsp3) is 0.538. The van der Waals surface area contributed by atoms with Gasteiger partial charge in [-0.15, -0.1) is 0 Å². The lowest BCUT2D eigenvalue weighted by Crippen LogP contribution is -2.37. The SMILES string of the molecule is CC1Cc2cc(N)ccc2N1S(=O)(=O)CC1CC1. The lowest BCUT2D eigenvalue weighted by molar-refractivity contribution is 0.580. The average Bonchev–Trinajstić information content (AvgIpc) is 2.97. The van der Waals surface area contributed by atoms with E-state index in [4.69, 9.17) is 5.73 Å². The minimum absolute atomic E-state index is 0.00514. The average molecular weight is 266 g/mol. The molecule has 18 heavy (non-hydrogen) atoms. The van der Waals surface area contributed by atoms with Crippen molar-refractivity contribution in [2.45, 2.75) is 32.2 Å². The molecule has 0 saturated heterocycles. The summed E-state index contributed by atoms with van der Waals surface area (Å²) in [5.74, 6) is 0.668. The number of hydrogen-bond donors (Lipinski definition) is 1.